The Balaban J connectivity index is 1.89. The number of aryl methyl sites for hydroxylation is 1. The minimum Gasteiger partial charge on any atom is -0.411 e. The van der Waals surface area contributed by atoms with Gasteiger partial charge in [-0.25, -0.2) is 9.37 Å². The van der Waals surface area contributed by atoms with E-state index in [2.05, 4.69) is 34.1 Å². The van der Waals surface area contributed by atoms with Gasteiger partial charge in [0.25, 0.3) is 0 Å². The molecule has 0 fully saturated rings. The predicted molar refractivity (Wildman–Crippen MR) is 79.8 cm³/mol. The zero-order valence-electron chi connectivity index (χ0n) is 11.5. The maximum Gasteiger partial charge on any atom is 0.150 e. The first-order valence-corrected chi connectivity index (χ1v) is 6.66. The fourth-order valence-corrected chi connectivity index (χ4v) is 1.85. The van der Waals surface area contributed by atoms with Gasteiger partial charge >= 0.3 is 0 Å². The summed E-state index contributed by atoms with van der Waals surface area (Å²) in [6.07, 6.45) is 3.64. The van der Waals surface area contributed by atoms with Crippen molar-refractivity contribution in [1.82, 2.24) is 4.98 Å². The fourth-order valence-electron chi connectivity index (χ4n) is 1.85. The number of benzene rings is 1. The molecule has 4 heteroatoms. The number of hydrogen-bond donors (Lipinski definition) is 1. The van der Waals surface area contributed by atoms with Crippen LogP contribution in [0.3, 0.4) is 0 Å². The number of aromatic nitrogens is 1. The predicted octanol–water partition coefficient (Wildman–Crippen LogP) is 3.40. The topological polar surface area (TPSA) is 45.5 Å². The van der Waals surface area contributed by atoms with E-state index in [0.29, 0.717) is 5.69 Å². The van der Waals surface area contributed by atoms with Gasteiger partial charge in [-0.1, -0.05) is 41.4 Å². The smallest absolute Gasteiger partial charge is 0.150 e. The maximum absolute atomic E-state index is 13.3. The summed E-state index contributed by atoms with van der Waals surface area (Å²) in [4.78, 5) is 3.96. The standard InChI is InChI=1S/C17H15FN2O/c18-16-12-11-15(20-17(16)13-19-21)10-6-2-5-9-14-7-3-1-4-8-14/h1,3-4,7-8,11-13,21H,2,5,9H2. The lowest BCUT2D eigenvalue weighted by molar-refractivity contribution is 0.321. The number of oxime groups is 1. The molecule has 1 aromatic heterocycles. The van der Waals surface area contributed by atoms with Crippen molar-refractivity contribution in [3.05, 3.63) is 65.2 Å². The van der Waals surface area contributed by atoms with E-state index >= 15 is 0 Å². The third kappa shape index (κ3) is 4.73. The van der Waals surface area contributed by atoms with E-state index < -0.39 is 5.82 Å². The number of unbranched alkanes of at least 4 members (excludes halogenated alkanes) is 1. The first-order chi connectivity index (χ1) is 10.3. The zero-order valence-corrected chi connectivity index (χ0v) is 11.5. The van der Waals surface area contributed by atoms with E-state index in [9.17, 15) is 4.39 Å². The molecular formula is C17H15FN2O. The van der Waals surface area contributed by atoms with E-state index in [-0.39, 0.29) is 5.69 Å². The Bertz CT molecular complexity index is 672. The molecule has 2 aromatic rings. The maximum atomic E-state index is 13.3. The molecule has 0 spiro atoms. The number of pyridine rings is 1. The highest BCUT2D eigenvalue weighted by Gasteiger charge is 2.01. The largest absolute Gasteiger partial charge is 0.411 e. The van der Waals surface area contributed by atoms with Crippen molar-refractivity contribution in [1.29, 1.82) is 0 Å². The highest BCUT2D eigenvalue weighted by atomic mass is 19.1. The summed E-state index contributed by atoms with van der Waals surface area (Å²) in [7, 11) is 0. The van der Waals surface area contributed by atoms with E-state index in [1.54, 1.807) is 0 Å². The second-order valence-electron chi connectivity index (χ2n) is 4.45. The van der Waals surface area contributed by atoms with Crippen molar-refractivity contribution in [3.8, 4) is 11.8 Å². The van der Waals surface area contributed by atoms with E-state index in [1.807, 2.05) is 18.2 Å². The second kappa shape index (κ2) is 7.81. The average Bonchev–Trinajstić information content (AvgIpc) is 2.51. The van der Waals surface area contributed by atoms with Crippen molar-refractivity contribution in [2.45, 2.75) is 19.3 Å². The number of hydrogen-bond acceptors (Lipinski definition) is 3. The fraction of sp³-hybridized carbons (Fsp3) is 0.176. The summed E-state index contributed by atoms with van der Waals surface area (Å²) in [6.45, 7) is 0. The molecule has 0 aliphatic carbocycles. The minimum atomic E-state index is -0.539. The quantitative estimate of drug-likeness (QED) is 0.307. The molecule has 0 unspecified atom stereocenters. The van der Waals surface area contributed by atoms with Gasteiger partial charge in [0, 0.05) is 6.42 Å². The molecule has 1 heterocycles. The summed E-state index contributed by atoms with van der Waals surface area (Å²) in [5.41, 5.74) is 1.74. The van der Waals surface area contributed by atoms with Gasteiger partial charge in [0.15, 0.2) is 5.82 Å². The van der Waals surface area contributed by atoms with Crippen LogP contribution >= 0.6 is 0 Å². The van der Waals surface area contributed by atoms with Crippen LogP contribution in [-0.4, -0.2) is 16.4 Å². The lowest BCUT2D eigenvalue weighted by atomic mass is 10.1. The normalized spacial score (nSPS) is 10.3. The minimum absolute atomic E-state index is 0.0198. The van der Waals surface area contributed by atoms with E-state index in [0.717, 1.165) is 25.5 Å². The molecule has 106 valence electrons. The first kappa shape index (κ1) is 14.7. The van der Waals surface area contributed by atoms with Crippen LogP contribution in [0.1, 0.15) is 29.8 Å². The number of nitrogens with zero attached hydrogens (tertiary/aromatic N) is 2. The molecule has 0 bridgehead atoms. The molecule has 0 aliphatic rings. The van der Waals surface area contributed by atoms with Crippen LogP contribution in [0.4, 0.5) is 4.39 Å². The van der Waals surface area contributed by atoms with Crippen LogP contribution in [0.2, 0.25) is 0 Å². The van der Waals surface area contributed by atoms with Crippen molar-refractivity contribution in [3.63, 3.8) is 0 Å². The van der Waals surface area contributed by atoms with Crippen LogP contribution in [0.15, 0.2) is 47.6 Å². The first-order valence-electron chi connectivity index (χ1n) is 6.66. The molecule has 0 radical (unpaired) electrons. The average molecular weight is 282 g/mol. The van der Waals surface area contributed by atoms with E-state index in [1.165, 1.54) is 17.7 Å². The molecular weight excluding hydrogens is 267 g/mol. The third-order valence-corrected chi connectivity index (χ3v) is 2.88. The lowest BCUT2D eigenvalue weighted by Crippen LogP contribution is -1.95. The van der Waals surface area contributed by atoms with Crippen LogP contribution in [-0.2, 0) is 6.42 Å². The molecule has 0 atom stereocenters. The van der Waals surface area contributed by atoms with Crippen LogP contribution in [0.25, 0.3) is 0 Å². The molecule has 1 aromatic carbocycles. The molecule has 0 saturated heterocycles. The Hall–Kier alpha value is -2.67. The van der Waals surface area contributed by atoms with Gasteiger partial charge in [0.2, 0.25) is 0 Å². The molecule has 3 nitrogen and oxygen atoms in total. The summed E-state index contributed by atoms with van der Waals surface area (Å²) in [5, 5.41) is 11.2. The highest BCUT2D eigenvalue weighted by Crippen LogP contribution is 2.05. The van der Waals surface area contributed by atoms with Gasteiger partial charge < -0.3 is 5.21 Å². The van der Waals surface area contributed by atoms with Gasteiger partial charge in [-0.15, -0.1) is 0 Å². The third-order valence-electron chi connectivity index (χ3n) is 2.88. The number of halogens is 1. The summed E-state index contributed by atoms with van der Waals surface area (Å²) in [5.74, 6) is 5.37. The van der Waals surface area contributed by atoms with Gasteiger partial charge in [-0.3, -0.25) is 0 Å². The van der Waals surface area contributed by atoms with Gasteiger partial charge in [-0.05, 0) is 36.5 Å². The van der Waals surface area contributed by atoms with Gasteiger partial charge in [0.1, 0.15) is 11.4 Å². The molecule has 0 saturated carbocycles. The number of rotatable bonds is 4. The van der Waals surface area contributed by atoms with Crippen molar-refractivity contribution < 1.29 is 9.60 Å². The molecule has 0 amide bonds. The Labute approximate surface area is 123 Å². The van der Waals surface area contributed by atoms with Gasteiger partial charge in [-0.2, -0.15) is 0 Å². The Morgan fingerprint density at radius 3 is 2.76 bits per heavy atom. The van der Waals surface area contributed by atoms with Gasteiger partial charge in [0.05, 0.1) is 6.21 Å². The van der Waals surface area contributed by atoms with Crippen LogP contribution in [0, 0.1) is 17.7 Å². The summed E-state index contributed by atoms with van der Waals surface area (Å²) >= 11 is 0. The Morgan fingerprint density at radius 1 is 1.19 bits per heavy atom. The Kier molecular flexibility index (Phi) is 5.48. The monoisotopic (exact) mass is 282 g/mol. The Morgan fingerprint density at radius 2 is 2.00 bits per heavy atom. The van der Waals surface area contributed by atoms with Crippen molar-refractivity contribution >= 4 is 6.21 Å². The van der Waals surface area contributed by atoms with E-state index in [4.69, 9.17) is 5.21 Å². The highest BCUT2D eigenvalue weighted by molar-refractivity contribution is 5.76. The molecule has 2 rings (SSSR count). The SMILES string of the molecule is ON=Cc1nc(C#CCCCc2ccccc2)ccc1F. The molecule has 1 N–H and O–H groups in total. The molecule has 21 heavy (non-hydrogen) atoms. The van der Waals surface area contributed by atoms with Crippen LogP contribution < -0.4 is 0 Å². The summed E-state index contributed by atoms with van der Waals surface area (Å²) < 4.78 is 13.3. The van der Waals surface area contributed by atoms with Crippen molar-refractivity contribution in [2.24, 2.45) is 5.16 Å². The zero-order chi connectivity index (χ0) is 14.9. The van der Waals surface area contributed by atoms with Crippen molar-refractivity contribution in [2.75, 3.05) is 0 Å². The lowest BCUT2D eigenvalue weighted by Gasteiger charge is -1.97. The van der Waals surface area contributed by atoms with Crippen LogP contribution in [0.5, 0.6) is 0 Å². The second-order valence-corrected chi connectivity index (χ2v) is 4.45. The molecule has 0 aliphatic heterocycles. The summed E-state index contributed by atoms with van der Waals surface area (Å²) in [6, 6.07) is 13.0.